The smallest absolute Gasteiger partial charge is 0.434 e. The van der Waals surface area contributed by atoms with Crippen LogP contribution in [-0.2, 0) is 6.18 Å². The first kappa shape index (κ1) is 20.9. The number of ether oxygens (including phenoxy) is 1. The maximum Gasteiger partial charge on any atom is 0.434 e. The van der Waals surface area contributed by atoms with Crippen LogP contribution >= 0.6 is 11.3 Å². The number of aryl methyl sites for hydroxylation is 2. The Morgan fingerprint density at radius 2 is 1.87 bits per heavy atom. The summed E-state index contributed by atoms with van der Waals surface area (Å²) >= 11 is 1.16. The number of thiazole rings is 1. The number of nitrogen functional groups attached to an aromatic ring is 1. The topological polar surface area (TPSA) is 109 Å². The average Bonchev–Trinajstić information content (AvgIpc) is 3.17. The van der Waals surface area contributed by atoms with Crippen molar-refractivity contribution in [1.82, 2.24) is 14.5 Å². The molecule has 31 heavy (non-hydrogen) atoms. The number of pyridine rings is 1. The minimum atomic E-state index is -4.86. The second-order valence-electron chi connectivity index (χ2n) is 7.09. The third-order valence-corrected chi connectivity index (χ3v) is 6.10. The highest BCUT2D eigenvalue weighted by Gasteiger charge is 2.40. The van der Waals surface area contributed by atoms with E-state index in [-0.39, 0.29) is 17.0 Å². The van der Waals surface area contributed by atoms with E-state index < -0.39 is 28.7 Å². The monoisotopic (exact) mass is 449 g/mol. The Bertz CT molecular complexity index is 1390. The molecule has 0 radical (unpaired) electrons. The first-order valence-electron chi connectivity index (χ1n) is 9.09. The number of anilines is 1. The summed E-state index contributed by atoms with van der Waals surface area (Å²) < 4.78 is 49.2. The summed E-state index contributed by atoms with van der Waals surface area (Å²) in [6.07, 6.45) is -4.86. The Kier molecular flexibility index (Phi) is 4.61. The van der Waals surface area contributed by atoms with E-state index in [1.807, 2.05) is 0 Å². The van der Waals surface area contributed by atoms with Gasteiger partial charge in [-0.1, -0.05) is 6.07 Å². The van der Waals surface area contributed by atoms with Crippen LogP contribution in [-0.4, -0.2) is 27.6 Å². The number of amides is 1. The molecule has 3 aromatic heterocycles. The van der Waals surface area contributed by atoms with Gasteiger partial charge >= 0.3 is 6.18 Å². The molecule has 0 saturated carbocycles. The van der Waals surface area contributed by atoms with Crippen molar-refractivity contribution in [3.05, 3.63) is 39.5 Å². The van der Waals surface area contributed by atoms with E-state index in [0.717, 1.165) is 16.9 Å². The Morgan fingerprint density at radius 3 is 2.45 bits per heavy atom. The molecule has 7 nitrogen and oxygen atoms in total. The van der Waals surface area contributed by atoms with Crippen LogP contribution in [0.3, 0.4) is 0 Å². The number of nitrogens with two attached hydrogens (primary N) is 2. The molecule has 0 spiro atoms. The van der Waals surface area contributed by atoms with E-state index in [1.165, 1.54) is 11.7 Å². The Balaban J connectivity index is 2.36. The van der Waals surface area contributed by atoms with Gasteiger partial charge in [-0.15, -0.1) is 11.3 Å². The van der Waals surface area contributed by atoms with Crippen molar-refractivity contribution in [1.29, 1.82) is 0 Å². The van der Waals surface area contributed by atoms with E-state index in [4.69, 9.17) is 16.2 Å². The van der Waals surface area contributed by atoms with Gasteiger partial charge in [-0.3, -0.25) is 9.36 Å². The number of aromatic nitrogens is 3. The maximum absolute atomic E-state index is 14.0. The van der Waals surface area contributed by atoms with Gasteiger partial charge < -0.3 is 16.2 Å². The Hall–Kier alpha value is -3.34. The lowest BCUT2D eigenvalue weighted by Crippen LogP contribution is -2.16. The number of primary amides is 1. The maximum atomic E-state index is 14.0. The fourth-order valence-electron chi connectivity index (χ4n) is 3.91. The summed E-state index contributed by atoms with van der Waals surface area (Å²) in [6, 6.07) is 3.51. The van der Waals surface area contributed by atoms with Crippen molar-refractivity contribution >= 4 is 44.3 Å². The zero-order chi connectivity index (χ0) is 22.8. The Labute approximate surface area is 178 Å². The van der Waals surface area contributed by atoms with Crippen LogP contribution in [0.4, 0.5) is 19.0 Å². The zero-order valence-electron chi connectivity index (χ0n) is 17.0. The van der Waals surface area contributed by atoms with Crippen LogP contribution in [0.1, 0.15) is 32.2 Å². The number of benzene rings is 1. The summed E-state index contributed by atoms with van der Waals surface area (Å²) in [5.41, 5.74) is 12.0. The van der Waals surface area contributed by atoms with Gasteiger partial charge in [-0.25, -0.2) is 9.97 Å². The third kappa shape index (κ3) is 2.99. The lowest BCUT2D eigenvalue weighted by atomic mass is 10.1. The van der Waals surface area contributed by atoms with E-state index in [9.17, 15) is 18.0 Å². The molecule has 0 saturated heterocycles. The second-order valence-corrected chi connectivity index (χ2v) is 8.29. The van der Waals surface area contributed by atoms with Gasteiger partial charge in [0.05, 0.1) is 33.6 Å². The fourth-order valence-corrected chi connectivity index (χ4v) is 4.81. The van der Waals surface area contributed by atoms with Crippen LogP contribution < -0.4 is 16.2 Å². The molecule has 4 N–H and O–H groups in total. The molecule has 0 aliphatic heterocycles. The molecule has 0 aliphatic carbocycles. The lowest BCUT2D eigenvalue weighted by Gasteiger charge is -2.17. The molecule has 4 rings (SSSR count). The van der Waals surface area contributed by atoms with Crippen LogP contribution in [0.15, 0.2) is 12.1 Å². The highest BCUT2D eigenvalue weighted by Crippen LogP contribution is 2.45. The summed E-state index contributed by atoms with van der Waals surface area (Å²) in [5, 5.41) is 0.0874. The lowest BCUT2D eigenvalue weighted by molar-refractivity contribution is -0.139. The van der Waals surface area contributed by atoms with Gasteiger partial charge in [0, 0.05) is 10.9 Å². The van der Waals surface area contributed by atoms with Crippen molar-refractivity contribution in [3.8, 4) is 11.4 Å². The number of halogens is 3. The van der Waals surface area contributed by atoms with E-state index in [1.54, 1.807) is 32.9 Å². The molecule has 4 aromatic rings. The highest BCUT2D eigenvalue weighted by atomic mass is 32.1. The van der Waals surface area contributed by atoms with Crippen molar-refractivity contribution in [2.24, 2.45) is 5.73 Å². The molecule has 0 aliphatic rings. The minimum Gasteiger partial charge on any atom is -0.496 e. The van der Waals surface area contributed by atoms with Gasteiger partial charge in [0.25, 0.3) is 5.91 Å². The molecule has 0 bridgehead atoms. The molecular formula is C20H18F3N5O2S. The molecule has 0 fully saturated rings. The highest BCUT2D eigenvalue weighted by molar-refractivity contribution is 7.19. The molecule has 3 heterocycles. The van der Waals surface area contributed by atoms with Crippen LogP contribution in [0.2, 0.25) is 0 Å². The standard InChI is InChI=1S/C20H18F3N5O2S/c1-7-5-6-10(30-4)8(2)13(7)28-14-11(12(17(28)24)18(25)29)16(20(21,22)23)27-19-15(14)31-9(3)26-19/h5-6H,24H2,1-4H3,(H2,25,29). The fraction of sp³-hybridized carbons (Fsp3) is 0.250. The molecular weight excluding hydrogens is 431 g/mol. The zero-order valence-corrected chi connectivity index (χ0v) is 17.8. The molecule has 1 amide bonds. The number of carbonyl (C=O) groups excluding carboxylic acids is 1. The number of hydrogen-bond donors (Lipinski definition) is 2. The van der Waals surface area contributed by atoms with Gasteiger partial charge in [0.2, 0.25) is 0 Å². The largest absolute Gasteiger partial charge is 0.496 e. The summed E-state index contributed by atoms with van der Waals surface area (Å²) in [6.45, 7) is 5.22. The van der Waals surface area contributed by atoms with Crippen LogP contribution in [0.25, 0.3) is 26.9 Å². The van der Waals surface area contributed by atoms with E-state index >= 15 is 0 Å². The number of rotatable bonds is 3. The van der Waals surface area contributed by atoms with Gasteiger partial charge in [-0.2, -0.15) is 13.2 Å². The van der Waals surface area contributed by atoms with Crippen molar-refractivity contribution < 1.29 is 22.7 Å². The van der Waals surface area contributed by atoms with Gasteiger partial charge in [0.1, 0.15) is 11.6 Å². The first-order chi connectivity index (χ1) is 14.5. The molecule has 0 atom stereocenters. The predicted octanol–water partition coefficient (Wildman–Crippen LogP) is 4.27. The van der Waals surface area contributed by atoms with Crippen LogP contribution in [0.5, 0.6) is 5.75 Å². The number of carbonyl (C=O) groups is 1. The quantitative estimate of drug-likeness (QED) is 0.486. The number of methoxy groups -OCH3 is 1. The summed E-state index contributed by atoms with van der Waals surface area (Å²) in [7, 11) is 1.49. The third-order valence-electron chi connectivity index (χ3n) is 5.13. The molecule has 0 unspecified atom stereocenters. The predicted molar refractivity (Wildman–Crippen MR) is 113 cm³/mol. The van der Waals surface area contributed by atoms with Crippen molar-refractivity contribution in [3.63, 3.8) is 0 Å². The number of alkyl halides is 3. The van der Waals surface area contributed by atoms with E-state index in [0.29, 0.717) is 26.7 Å². The Morgan fingerprint density at radius 1 is 1.19 bits per heavy atom. The number of nitrogens with zero attached hydrogens (tertiary/aromatic N) is 3. The van der Waals surface area contributed by atoms with Gasteiger partial charge in [-0.05, 0) is 32.4 Å². The first-order valence-corrected chi connectivity index (χ1v) is 9.91. The minimum absolute atomic E-state index is 0.0738. The van der Waals surface area contributed by atoms with Crippen LogP contribution in [0, 0.1) is 20.8 Å². The van der Waals surface area contributed by atoms with E-state index in [2.05, 4.69) is 9.97 Å². The normalized spacial score (nSPS) is 12.1. The number of hydrogen-bond acceptors (Lipinski definition) is 6. The molecule has 11 heteroatoms. The van der Waals surface area contributed by atoms with Crippen molar-refractivity contribution in [2.75, 3.05) is 12.8 Å². The molecule has 1 aromatic carbocycles. The number of fused-ring (bicyclic) bond motifs is 3. The SMILES string of the molecule is COc1ccc(C)c(-n2c(N)c(C(N)=O)c3c(C(F)(F)F)nc4nc(C)sc4c32)c1C. The second kappa shape index (κ2) is 6.84. The summed E-state index contributed by atoms with van der Waals surface area (Å²) in [5.74, 6) is -0.760. The van der Waals surface area contributed by atoms with Gasteiger partial charge in [0.15, 0.2) is 11.3 Å². The molecule has 162 valence electrons. The summed E-state index contributed by atoms with van der Waals surface area (Å²) in [4.78, 5) is 20.2. The van der Waals surface area contributed by atoms with Crippen molar-refractivity contribution in [2.45, 2.75) is 26.9 Å². The average molecular weight is 449 g/mol.